The van der Waals surface area contributed by atoms with E-state index in [4.69, 9.17) is 32.7 Å². The van der Waals surface area contributed by atoms with E-state index < -0.39 is 30.4 Å². The highest BCUT2D eigenvalue weighted by Crippen LogP contribution is 2.21. The zero-order chi connectivity index (χ0) is 28.4. The maximum absolute atomic E-state index is 12.4. The Morgan fingerprint density at radius 3 is 2.21 bits per heavy atom. The molecule has 0 aromatic heterocycles. The summed E-state index contributed by atoms with van der Waals surface area (Å²) in [5, 5.41) is 3.21. The lowest BCUT2D eigenvalue weighted by atomic mass is 10.1. The number of Topliss-reactive ketones (excluding diaryl/α,β-unsaturated/α-hetero) is 2. The molecular formula is C29H25Cl2NO7. The van der Waals surface area contributed by atoms with Crippen LogP contribution in [0.1, 0.15) is 57.3 Å². The number of carbonyl (C=O) groups is 5. The minimum Gasteiger partial charge on any atom is -0.457 e. The van der Waals surface area contributed by atoms with Crippen LogP contribution in [0.4, 0.5) is 5.69 Å². The molecule has 0 spiro atoms. The number of halogens is 2. The monoisotopic (exact) mass is 569 g/mol. The van der Waals surface area contributed by atoms with Crippen molar-refractivity contribution in [1.82, 2.24) is 0 Å². The minimum absolute atomic E-state index is 0.0367. The third-order valence-corrected chi connectivity index (χ3v) is 6.04. The average Bonchev–Trinajstić information content (AvgIpc) is 2.92. The molecule has 0 bridgehead atoms. The first-order valence-corrected chi connectivity index (χ1v) is 12.7. The molecule has 3 aromatic carbocycles. The average molecular weight is 570 g/mol. The van der Waals surface area contributed by atoms with Crippen LogP contribution in [0, 0.1) is 0 Å². The molecule has 0 aliphatic rings. The summed E-state index contributed by atoms with van der Waals surface area (Å²) in [4.78, 5) is 61.1. The number of amides is 1. The quantitative estimate of drug-likeness (QED) is 0.211. The third kappa shape index (κ3) is 9.05. The molecular weight excluding hydrogens is 545 g/mol. The number of carbonyl (C=O) groups excluding carboxylic acids is 5. The first-order valence-electron chi connectivity index (χ1n) is 12.0. The van der Waals surface area contributed by atoms with Gasteiger partial charge in [-0.05, 0) is 55.8 Å². The van der Waals surface area contributed by atoms with Crippen LogP contribution in [0.25, 0.3) is 0 Å². The van der Waals surface area contributed by atoms with E-state index in [1.807, 2.05) is 0 Å². The van der Waals surface area contributed by atoms with Crippen LogP contribution in [0.5, 0.6) is 0 Å². The van der Waals surface area contributed by atoms with Crippen LogP contribution in [-0.4, -0.2) is 42.1 Å². The van der Waals surface area contributed by atoms with Gasteiger partial charge >= 0.3 is 11.9 Å². The van der Waals surface area contributed by atoms with E-state index in [-0.39, 0.29) is 47.1 Å². The van der Waals surface area contributed by atoms with Crippen LogP contribution in [0.2, 0.25) is 10.0 Å². The summed E-state index contributed by atoms with van der Waals surface area (Å²) in [5.74, 6) is -2.41. The Morgan fingerprint density at radius 1 is 0.846 bits per heavy atom. The first-order chi connectivity index (χ1) is 18.6. The van der Waals surface area contributed by atoms with Crippen molar-refractivity contribution in [3.8, 4) is 0 Å². The lowest BCUT2D eigenvalue weighted by Gasteiger charge is -2.12. The van der Waals surface area contributed by atoms with Crippen molar-refractivity contribution in [1.29, 1.82) is 0 Å². The van der Waals surface area contributed by atoms with E-state index in [1.54, 1.807) is 30.3 Å². The normalized spacial score (nSPS) is 11.3. The molecule has 8 nitrogen and oxygen atoms in total. The molecule has 39 heavy (non-hydrogen) atoms. The Balaban J connectivity index is 1.38. The van der Waals surface area contributed by atoms with Crippen molar-refractivity contribution in [3.63, 3.8) is 0 Å². The fraction of sp³-hybridized carbons (Fsp3) is 0.207. The lowest BCUT2D eigenvalue weighted by molar-refractivity contribution is -0.142. The van der Waals surface area contributed by atoms with Crippen LogP contribution < -0.4 is 5.32 Å². The van der Waals surface area contributed by atoms with Crippen molar-refractivity contribution >= 4 is 58.3 Å². The predicted molar refractivity (Wildman–Crippen MR) is 146 cm³/mol. The lowest BCUT2D eigenvalue weighted by Crippen LogP contribution is -2.24. The molecule has 1 N–H and O–H groups in total. The zero-order valence-electron chi connectivity index (χ0n) is 20.9. The van der Waals surface area contributed by atoms with Gasteiger partial charge in [0.1, 0.15) is 0 Å². The molecule has 1 unspecified atom stereocenters. The molecule has 0 fully saturated rings. The molecule has 3 rings (SSSR count). The highest BCUT2D eigenvalue weighted by atomic mass is 35.5. The molecule has 10 heteroatoms. The smallest absolute Gasteiger partial charge is 0.338 e. The second kappa shape index (κ2) is 14.2. The Morgan fingerprint density at radius 2 is 1.54 bits per heavy atom. The Labute approximate surface area is 235 Å². The van der Waals surface area contributed by atoms with E-state index in [1.165, 1.54) is 49.4 Å². The molecule has 202 valence electrons. The van der Waals surface area contributed by atoms with Crippen LogP contribution in [0.3, 0.4) is 0 Å². The number of nitrogens with one attached hydrogen (secondary N) is 1. The van der Waals surface area contributed by atoms with Gasteiger partial charge in [0.05, 0.1) is 10.6 Å². The summed E-state index contributed by atoms with van der Waals surface area (Å²) in [7, 11) is 0. The molecule has 0 aliphatic carbocycles. The van der Waals surface area contributed by atoms with E-state index in [0.29, 0.717) is 16.3 Å². The minimum atomic E-state index is -0.959. The fourth-order valence-corrected chi connectivity index (χ4v) is 3.95. The van der Waals surface area contributed by atoms with Gasteiger partial charge in [-0.3, -0.25) is 19.2 Å². The van der Waals surface area contributed by atoms with Gasteiger partial charge in [0.2, 0.25) is 17.5 Å². The maximum Gasteiger partial charge on any atom is 0.338 e. The van der Waals surface area contributed by atoms with Gasteiger partial charge in [-0.1, -0.05) is 53.5 Å². The highest BCUT2D eigenvalue weighted by Gasteiger charge is 2.20. The first kappa shape index (κ1) is 29.5. The summed E-state index contributed by atoms with van der Waals surface area (Å²) in [6.07, 6.45) is -0.771. The van der Waals surface area contributed by atoms with E-state index in [9.17, 15) is 24.0 Å². The number of hydrogen-bond acceptors (Lipinski definition) is 7. The summed E-state index contributed by atoms with van der Waals surface area (Å²) >= 11 is 11.8. The Hall–Kier alpha value is -4.01. The Bertz CT molecular complexity index is 1360. The third-order valence-electron chi connectivity index (χ3n) is 5.50. The highest BCUT2D eigenvalue weighted by molar-refractivity contribution is 6.36. The maximum atomic E-state index is 12.4. The standard InChI is InChI=1S/C29H25Cl2NO7/c1-18(28(36)19-6-3-2-4-7-19)39-29(37)20-10-13-22(14-11-20)32-26(34)8-5-9-27(35)38-17-25(33)23-15-12-21(30)16-24(23)31/h2-4,6-7,10-16,18H,5,8-9,17H2,1H3,(H,32,34). The van der Waals surface area contributed by atoms with E-state index in [0.717, 1.165) is 0 Å². The van der Waals surface area contributed by atoms with Gasteiger partial charge in [-0.25, -0.2) is 4.79 Å². The van der Waals surface area contributed by atoms with Crippen LogP contribution in [0.15, 0.2) is 72.8 Å². The summed E-state index contributed by atoms with van der Waals surface area (Å²) in [6.45, 7) is 1.03. The number of ketones is 2. The van der Waals surface area contributed by atoms with Gasteiger partial charge in [-0.2, -0.15) is 0 Å². The van der Waals surface area contributed by atoms with Crippen molar-refractivity contribution in [2.45, 2.75) is 32.3 Å². The molecule has 1 amide bonds. The number of ether oxygens (including phenoxy) is 2. The number of benzene rings is 3. The van der Waals surface area contributed by atoms with E-state index in [2.05, 4.69) is 5.32 Å². The van der Waals surface area contributed by atoms with Crippen molar-refractivity contribution < 1.29 is 33.4 Å². The summed E-state index contributed by atoms with van der Waals surface area (Å²) < 4.78 is 10.2. The predicted octanol–water partition coefficient (Wildman–Crippen LogP) is 5.96. The second-order valence-corrected chi connectivity index (χ2v) is 9.31. The summed E-state index contributed by atoms with van der Waals surface area (Å²) in [6, 6.07) is 18.9. The molecule has 0 saturated carbocycles. The van der Waals surface area contributed by atoms with E-state index >= 15 is 0 Å². The summed E-state index contributed by atoms with van der Waals surface area (Å²) in [5.41, 5.74) is 1.30. The molecule has 0 saturated heterocycles. The largest absolute Gasteiger partial charge is 0.457 e. The van der Waals surface area contributed by atoms with Gasteiger partial charge in [0.15, 0.2) is 12.7 Å². The van der Waals surface area contributed by atoms with Gasteiger partial charge in [0.25, 0.3) is 0 Å². The molecule has 0 heterocycles. The topological polar surface area (TPSA) is 116 Å². The molecule has 0 radical (unpaired) electrons. The molecule has 0 aliphatic heterocycles. The van der Waals surface area contributed by atoms with Crippen molar-refractivity contribution in [2.75, 3.05) is 11.9 Å². The van der Waals surface area contributed by atoms with Crippen molar-refractivity contribution in [3.05, 3.63) is 99.5 Å². The molecule has 1 atom stereocenters. The second-order valence-electron chi connectivity index (χ2n) is 8.46. The van der Waals surface area contributed by atoms with Gasteiger partial charge < -0.3 is 14.8 Å². The van der Waals surface area contributed by atoms with Gasteiger partial charge in [0, 0.05) is 34.7 Å². The zero-order valence-corrected chi connectivity index (χ0v) is 22.5. The number of hydrogen-bond donors (Lipinski definition) is 1. The Kier molecular flexibility index (Phi) is 10.8. The molecule has 3 aromatic rings. The number of anilines is 1. The number of rotatable bonds is 12. The fourth-order valence-electron chi connectivity index (χ4n) is 3.44. The van der Waals surface area contributed by atoms with Crippen molar-refractivity contribution in [2.24, 2.45) is 0 Å². The van der Waals surface area contributed by atoms with Crippen LogP contribution in [-0.2, 0) is 19.1 Å². The van der Waals surface area contributed by atoms with Gasteiger partial charge in [-0.15, -0.1) is 0 Å². The SMILES string of the molecule is CC(OC(=O)c1ccc(NC(=O)CCCC(=O)OCC(=O)c2ccc(Cl)cc2Cl)cc1)C(=O)c1ccccc1. The number of esters is 2. The van der Waals surface area contributed by atoms with Crippen LogP contribution >= 0.6 is 23.2 Å².